The zero-order chi connectivity index (χ0) is 25.1. The fraction of sp³-hybridized carbons (Fsp3) is 0.903. The van der Waals surface area contributed by atoms with Gasteiger partial charge in [0, 0.05) is 11.3 Å². The number of hydrogen-bond donors (Lipinski definition) is 1. The third kappa shape index (κ3) is 11.6. The number of allylic oxidation sites excluding steroid dienone is 1. The van der Waals surface area contributed by atoms with Crippen LogP contribution in [0, 0.1) is 11.3 Å². The Morgan fingerprint density at radius 2 is 1.21 bits per heavy atom. The first-order valence-corrected chi connectivity index (χ1v) is 15.2. The van der Waals surface area contributed by atoms with Gasteiger partial charge in [0.1, 0.15) is 12.4 Å². The molecule has 1 amide bonds. The highest BCUT2D eigenvalue weighted by Gasteiger charge is 2.39. The smallest absolute Gasteiger partial charge is 0.251 e. The molecule has 1 atom stereocenters. The zero-order valence-corrected chi connectivity index (χ0v) is 23.7. The minimum Gasteiger partial charge on any atom is -0.495 e. The van der Waals surface area contributed by atoms with Crippen molar-refractivity contribution in [1.29, 1.82) is 0 Å². The molecule has 0 aromatic heterocycles. The molecule has 1 aliphatic rings. The molecule has 34 heavy (non-hydrogen) atoms. The van der Waals surface area contributed by atoms with Crippen LogP contribution in [0.4, 0.5) is 0 Å². The molecule has 0 aromatic rings. The maximum atomic E-state index is 13.6. The summed E-state index contributed by atoms with van der Waals surface area (Å²) in [5.41, 5.74) is 0.936. The van der Waals surface area contributed by atoms with E-state index in [4.69, 9.17) is 4.74 Å². The van der Waals surface area contributed by atoms with E-state index in [1.807, 2.05) is 0 Å². The summed E-state index contributed by atoms with van der Waals surface area (Å²) in [4.78, 5) is 13.6. The maximum absolute atomic E-state index is 13.6. The highest BCUT2D eigenvalue weighted by Crippen LogP contribution is 2.44. The minimum absolute atomic E-state index is 0.0856. The van der Waals surface area contributed by atoms with E-state index in [1.54, 1.807) is 0 Å². The van der Waals surface area contributed by atoms with Gasteiger partial charge in [0.2, 0.25) is 0 Å². The molecule has 1 heterocycles. The lowest BCUT2D eigenvalue weighted by molar-refractivity contribution is -0.118. The standard InChI is InChI=1S/C31H59NO2/c1-6-10-14-17-21-27(22-18-15-11-7-2)29-28(30(33)32-25-26-34-29)31(5,23-19-13-9-4)24-20-16-12-8-3/h27H,6-26H2,1-5H3,(H,32,33). The van der Waals surface area contributed by atoms with Gasteiger partial charge in [0.25, 0.3) is 5.91 Å². The summed E-state index contributed by atoms with van der Waals surface area (Å²) in [7, 11) is 0. The van der Waals surface area contributed by atoms with Gasteiger partial charge >= 0.3 is 0 Å². The number of hydrogen-bond acceptors (Lipinski definition) is 2. The van der Waals surface area contributed by atoms with Crippen LogP contribution in [-0.4, -0.2) is 19.1 Å². The predicted octanol–water partition coefficient (Wildman–Crippen LogP) is 9.50. The van der Waals surface area contributed by atoms with Gasteiger partial charge in [-0.3, -0.25) is 4.79 Å². The number of nitrogens with one attached hydrogen (secondary N) is 1. The second-order valence-electron chi connectivity index (χ2n) is 11.1. The molecule has 1 aliphatic heterocycles. The number of ether oxygens (including phenoxy) is 1. The number of rotatable bonds is 21. The third-order valence-electron chi connectivity index (χ3n) is 7.82. The van der Waals surface area contributed by atoms with Crippen LogP contribution >= 0.6 is 0 Å². The van der Waals surface area contributed by atoms with E-state index in [2.05, 4.69) is 39.9 Å². The van der Waals surface area contributed by atoms with Crippen LogP contribution in [0.2, 0.25) is 0 Å². The van der Waals surface area contributed by atoms with Crippen LogP contribution in [0.25, 0.3) is 0 Å². The lowest BCUT2D eigenvalue weighted by Crippen LogP contribution is -2.34. The van der Waals surface area contributed by atoms with Crippen molar-refractivity contribution >= 4 is 5.91 Å². The molecule has 1 N–H and O–H groups in total. The first-order chi connectivity index (χ1) is 16.5. The normalized spacial score (nSPS) is 16.4. The molecule has 0 aromatic carbocycles. The average molecular weight is 478 g/mol. The quantitative estimate of drug-likeness (QED) is 0.167. The summed E-state index contributed by atoms with van der Waals surface area (Å²) >= 11 is 0. The van der Waals surface area contributed by atoms with Crippen molar-refractivity contribution in [2.45, 2.75) is 157 Å². The van der Waals surface area contributed by atoms with E-state index < -0.39 is 0 Å². The summed E-state index contributed by atoms with van der Waals surface area (Å²) in [5, 5.41) is 3.21. The van der Waals surface area contributed by atoms with E-state index in [-0.39, 0.29) is 11.3 Å². The SMILES string of the molecule is CCCCCCC(CCCCCC)C1=C(C(C)(CCCCC)CCCCCC)C(=O)NCCO1. The van der Waals surface area contributed by atoms with E-state index in [0.717, 1.165) is 24.2 Å². The fourth-order valence-corrected chi connectivity index (χ4v) is 5.62. The van der Waals surface area contributed by atoms with Gasteiger partial charge in [-0.15, -0.1) is 0 Å². The van der Waals surface area contributed by atoms with E-state index in [9.17, 15) is 4.79 Å². The second-order valence-corrected chi connectivity index (χ2v) is 11.1. The Labute approximate surface area is 213 Å². The Balaban J connectivity index is 3.28. The van der Waals surface area contributed by atoms with Gasteiger partial charge in [-0.25, -0.2) is 0 Å². The van der Waals surface area contributed by atoms with Gasteiger partial charge in [0.15, 0.2) is 0 Å². The van der Waals surface area contributed by atoms with Crippen molar-refractivity contribution in [3.63, 3.8) is 0 Å². The van der Waals surface area contributed by atoms with Crippen molar-refractivity contribution in [2.24, 2.45) is 11.3 Å². The number of unbranched alkanes of at least 4 members (excludes halogenated alkanes) is 11. The van der Waals surface area contributed by atoms with Crippen LogP contribution in [0.3, 0.4) is 0 Å². The van der Waals surface area contributed by atoms with Crippen molar-refractivity contribution in [2.75, 3.05) is 13.2 Å². The predicted molar refractivity (Wildman–Crippen MR) is 148 cm³/mol. The van der Waals surface area contributed by atoms with Gasteiger partial charge in [-0.2, -0.15) is 0 Å². The van der Waals surface area contributed by atoms with Gasteiger partial charge < -0.3 is 10.1 Å². The lowest BCUT2D eigenvalue weighted by atomic mass is 9.71. The van der Waals surface area contributed by atoms with Crippen molar-refractivity contribution < 1.29 is 9.53 Å². The third-order valence-corrected chi connectivity index (χ3v) is 7.82. The monoisotopic (exact) mass is 477 g/mol. The topological polar surface area (TPSA) is 38.3 Å². The molecule has 3 nitrogen and oxygen atoms in total. The molecule has 200 valence electrons. The summed E-state index contributed by atoms with van der Waals surface area (Å²) in [5.74, 6) is 1.64. The highest BCUT2D eigenvalue weighted by molar-refractivity contribution is 5.95. The summed E-state index contributed by atoms with van der Waals surface area (Å²) in [6.45, 7) is 12.7. The first-order valence-electron chi connectivity index (χ1n) is 15.2. The van der Waals surface area contributed by atoms with Gasteiger partial charge in [-0.1, -0.05) is 131 Å². The van der Waals surface area contributed by atoms with E-state index >= 15 is 0 Å². The van der Waals surface area contributed by atoms with Crippen LogP contribution in [0.15, 0.2) is 11.3 Å². The van der Waals surface area contributed by atoms with Crippen LogP contribution < -0.4 is 5.32 Å². The Bertz CT molecular complexity index is 544. The molecule has 1 rings (SSSR count). The van der Waals surface area contributed by atoms with Gasteiger partial charge in [0.05, 0.1) is 12.1 Å². The number of carbonyl (C=O) groups excluding carboxylic acids is 1. The molecular formula is C31H59NO2. The van der Waals surface area contributed by atoms with Crippen LogP contribution in [-0.2, 0) is 9.53 Å². The molecule has 0 spiro atoms. The molecular weight excluding hydrogens is 418 g/mol. The molecule has 0 bridgehead atoms. The summed E-state index contributed by atoms with van der Waals surface area (Å²) < 4.78 is 6.54. The lowest BCUT2D eigenvalue weighted by Gasteiger charge is -2.35. The summed E-state index contributed by atoms with van der Waals surface area (Å²) in [6.07, 6.45) is 23.4. The van der Waals surface area contributed by atoms with Crippen LogP contribution in [0.5, 0.6) is 0 Å². The molecule has 0 saturated heterocycles. The Hall–Kier alpha value is -0.990. The zero-order valence-electron chi connectivity index (χ0n) is 23.7. The Kier molecular flexibility index (Phi) is 17.6. The molecule has 0 fully saturated rings. The van der Waals surface area contributed by atoms with Crippen molar-refractivity contribution in [3.05, 3.63) is 11.3 Å². The molecule has 0 aliphatic carbocycles. The first kappa shape index (κ1) is 31.0. The van der Waals surface area contributed by atoms with Crippen molar-refractivity contribution in [1.82, 2.24) is 5.32 Å². The maximum Gasteiger partial charge on any atom is 0.251 e. The Morgan fingerprint density at radius 3 is 1.74 bits per heavy atom. The van der Waals surface area contributed by atoms with E-state index in [1.165, 1.54) is 109 Å². The van der Waals surface area contributed by atoms with Crippen LogP contribution in [0.1, 0.15) is 157 Å². The van der Waals surface area contributed by atoms with Gasteiger partial charge in [-0.05, 0) is 25.7 Å². The summed E-state index contributed by atoms with van der Waals surface area (Å²) in [6, 6.07) is 0. The minimum atomic E-state index is -0.0856. The van der Waals surface area contributed by atoms with E-state index in [0.29, 0.717) is 19.1 Å². The number of amides is 1. The molecule has 0 saturated carbocycles. The average Bonchev–Trinajstić information content (AvgIpc) is 3.03. The molecule has 3 heteroatoms. The Morgan fingerprint density at radius 1 is 0.735 bits per heavy atom. The molecule has 1 unspecified atom stereocenters. The number of carbonyl (C=O) groups is 1. The highest BCUT2D eigenvalue weighted by atomic mass is 16.5. The fourth-order valence-electron chi connectivity index (χ4n) is 5.62. The molecule has 0 radical (unpaired) electrons. The van der Waals surface area contributed by atoms with Crippen molar-refractivity contribution in [3.8, 4) is 0 Å². The largest absolute Gasteiger partial charge is 0.495 e. The second kappa shape index (κ2) is 19.2.